The Kier molecular flexibility index (Phi) is 3.92. The molecule has 0 N–H and O–H groups in total. The number of hydrogen-bond acceptors (Lipinski definition) is 4. The van der Waals surface area contributed by atoms with Crippen LogP contribution in [0.2, 0.25) is 10.0 Å². The van der Waals surface area contributed by atoms with Crippen molar-refractivity contribution < 1.29 is 13.9 Å². The molecule has 2 aromatic carbocycles. The number of halogens is 2. The van der Waals surface area contributed by atoms with Crippen LogP contribution in [0.5, 0.6) is 5.75 Å². The fourth-order valence-electron chi connectivity index (χ4n) is 2.01. The van der Waals surface area contributed by atoms with Gasteiger partial charge in [-0.3, -0.25) is 4.57 Å². The van der Waals surface area contributed by atoms with Gasteiger partial charge in [0, 0.05) is 5.02 Å². The van der Waals surface area contributed by atoms with Crippen molar-refractivity contribution >= 4 is 40.3 Å². The van der Waals surface area contributed by atoms with Crippen molar-refractivity contribution in [3.8, 4) is 5.75 Å². The van der Waals surface area contributed by atoms with Gasteiger partial charge in [-0.1, -0.05) is 35.3 Å². The maximum atomic E-state index is 12.0. The topological polar surface area (TPSA) is 61.4 Å². The SMILES string of the molecule is O=C(Cn1c(=O)oc2ccccc21)Oc1ccc(Cl)cc1Cl. The molecule has 0 aliphatic carbocycles. The molecule has 0 amide bonds. The van der Waals surface area contributed by atoms with Gasteiger partial charge in [-0.15, -0.1) is 0 Å². The molecule has 0 atom stereocenters. The third kappa shape index (κ3) is 2.86. The summed E-state index contributed by atoms with van der Waals surface area (Å²) in [6.45, 7) is -0.283. The second-order valence-electron chi connectivity index (χ2n) is 4.47. The van der Waals surface area contributed by atoms with E-state index in [0.29, 0.717) is 16.1 Å². The van der Waals surface area contributed by atoms with Gasteiger partial charge < -0.3 is 9.15 Å². The zero-order valence-electron chi connectivity index (χ0n) is 11.1. The Labute approximate surface area is 134 Å². The van der Waals surface area contributed by atoms with E-state index in [0.717, 1.165) is 0 Å². The van der Waals surface area contributed by atoms with Crippen molar-refractivity contribution in [1.82, 2.24) is 4.57 Å². The highest BCUT2D eigenvalue weighted by Crippen LogP contribution is 2.27. The molecule has 3 aromatic rings. The van der Waals surface area contributed by atoms with Gasteiger partial charge in [-0.05, 0) is 30.3 Å². The third-order valence-corrected chi connectivity index (χ3v) is 3.51. The molecule has 0 saturated heterocycles. The summed E-state index contributed by atoms with van der Waals surface area (Å²) >= 11 is 11.7. The van der Waals surface area contributed by atoms with E-state index in [4.69, 9.17) is 32.4 Å². The van der Waals surface area contributed by atoms with Crippen LogP contribution in [0, 0.1) is 0 Å². The van der Waals surface area contributed by atoms with E-state index in [9.17, 15) is 9.59 Å². The maximum Gasteiger partial charge on any atom is 0.420 e. The standard InChI is InChI=1S/C15H9Cl2NO4/c16-9-5-6-12(10(17)7-9)21-14(19)8-18-11-3-1-2-4-13(11)22-15(18)20/h1-7H,8H2. The fourth-order valence-corrected chi connectivity index (χ4v) is 2.45. The zero-order valence-corrected chi connectivity index (χ0v) is 12.6. The minimum atomic E-state index is -0.641. The Balaban J connectivity index is 1.84. The van der Waals surface area contributed by atoms with Crippen molar-refractivity contribution in [1.29, 1.82) is 0 Å². The fraction of sp³-hybridized carbons (Fsp3) is 0.0667. The molecule has 0 aliphatic rings. The summed E-state index contributed by atoms with van der Waals surface area (Å²) in [5.41, 5.74) is 0.927. The number of carbonyl (C=O) groups excluding carboxylic acids is 1. The lowest BCUT2D eigenvalue weighted by Gasteiger charge is -2.06. The van der Waals surface area contributed by atoms with Gasteiger partial charge in [0.1, 0.15) is 12.3 Å². The maximum absolute atomic E-state index is 12.0. The number of carbonyl (C=O) groups is 1. The van der Waals surface area contributed by atoms with Crippen LogP contribution in [0.4, 0.5) is 0 Å². The average Bonchev–Trinajstić information content (AvgIpc) is 2.78. The second kappa shape index (κ2) is 5.87. The number of aromatic nitrogens is 1. The second-order valence-corrected chi connectivity index (χ2v) is 5.31. The molecule has 0 saturated carbocycles. The van der Waals surface area contributed by atoms with E-state index in [1.54, 1.807) is 30.3 Å². The van der Waals surface area contributed by atoms with E-state index >= 15 is 0 Å². The first-order valence-electron chi connectivity index (χ1n) is 6.29. The summed E-state index contributed by atoms with van der Waals surface area (Å²) < 4.78 is 11.4. The molecule has 0 radical (unpaired) electrons. The van der Waals surface area contributed by atoms with E-state index in [-0.39, 0.29) is 17.3 Å². The van der Waals surface area contributed by atoms with Crippen molar-refractivity contribution in [2.75, 3.05) is 0 Å². The van der Waals surface area contributed by atoms with E-state index in [1.165, 1.54) is 16.7 Å². The zero-order chi connectivity index (χ0) is 15.7. The van der Waals surface area contributed by atoms with Gasteiger partial charge in [0.15, 0.2) is 5.58 Å². The van der Waals surface area contributed by atoms with Crippen LogP contribution in [-0.4, -0.2) is 10.5 Å². The van der Waals surface area contributed by atoms with Crippen LogP contribution in [0.25, 0.3) is 11.1 Å². The highest BCUT2D eigenvalue weighted by molar-refractivity contribution is 6.35. The van der Waals surface area contributed by atoms with Gasteiger partial charge in [-0.25, -0.2) is 9.59 Å². The number of nitrogens with zero attached hydrogens (tertiary/aromatic N) is 1. The van der Waals surface area contributed by atoms with Crippen molar-refractivity contribution in [2.24, 2.45) is 0 Å². The Morgan fingerprint density at radius 2 is 1.95 bits per heavy atom. The van der Waals surface area contributed by atoms with Gasteiger partial charge in [0.25, 0.3) is 0 Å². The summed E-state index contributed by atoms with van der Waals surface area (Å²) in [6.07, 6.45) is 0. The molecule has 0 fully saturated rings. The number of benzene rings is 2. The molecule has 22 heavy (non-hydrogen) atoms. The summed E-state index contributed by atoms with van der Waals surface area (Å²) in [5, 5.41) is 0.645. The van der Waals surface area contributed by atoms with Crippen molar-refractivity contribution in [2.45, 2.75) is 6.54 Å². The molecule has 112 valence electrons. The Hall–Kier alpha value is -2.24. The minimum absolute atomic E-state index is 0.178. The van der Waals surface area contributed by atoms with Crippen LogP contribution in [-0.2, 0) is 11.3 Å². The first kappa shape index (κ1) is 14.7. The van der Waals surface area contributed by atoms with Gasteiger partial charge >= 0.3 is 11.7 Å². The third-order valence-electron chi connectivity index (χ3n) is 2.98. The lowest BCUT2D eigenvalue weighted by molar-refractivity contribution is -0.135. The van der Waals surface area contributed by atoms with Crippen LogP contribution in [0.1, 0.15) is 0 Å². The highest BCUT2D eigenvalue weighted by atomic mass is 35.5. The number of oxazole rings is 1. The number of para-hydroxylation sites is 2. The lowest BCUT2D eigenvalue weighted by Crippen LogP contribution is -2.23. The summed E-state index contributed by atoms with van der Waals surface area (Å²) in [4.78, 5) is 23.8. The molecule has 1 aromatic heterocycles. The number of esters is 1. The molecule has 0 aliphatic heterocycles. The van der Waals surface area contributed by atoms with Crippen LogP contribution < -0.4 is 10.5 Å². The largest absolute Gasteiger partial charge is 0.424 e. The van der Waals surface area contributed by atoms with Crippen LogP contribution in [0.3, 0.4) is 0 Å². The van der Waals surface area contributed by atoms with E-state index < -0.39 is 11.7 Å². The van der Waals surface area contributed by atoms with Crippen molar-refractivity contribution in [3.63, 3.8) is 0 Å². The molecule has 3 rings (SSSR count). The Morgan fingerprint density at radius 1 is 1.18 bits per heavy atom. The monoisotopic (exact) mass is 337 g/mol. The normalized spacial score (nSPS) is 10.8. The average molecular weight is 338 g/mol. The number of rotatable bonds is 3. The predicted molar refractivity (Wildman–Crippen MR) is 82.6 cm³/mol. The molecule has 0 unspecified atom stereocenters. The predicted octanol–water partition coefficient (Wildman–Crippen LogP) is 3.51. The molecule has 0 spiro atoms. The van der Waals surface area contributed by atoms with Gasteiger partial charge in [0.05, 0.1) is 10.5 Å². The Morgan fingerprint density at radius 3 is 2.73 bits per heavy atom. The number of ether oxygens (including phenoxy) is 1. The summed E-state index contributed by atoms with van der Waals surface area (Å²) in [5.74, 6) is -1.09. The first-order valence-corrected chi connectivity index (χ1v) is 7.04. The Bertz CT molecular complexity index is 913. The van der Waals surface area contributed by atoms with Crippen molar-refractivity contribution in [3.05, 3.63) is 63.1 Å². The van der Waals surface area contributed by atoms with Crippen LogP contribution in [0.15, 0.2) is 51.7 Å². The van der Waals surface area contributed by atoms with E-state index in [2.05, 4.69) is 0 Å². The van der Waals surface area contributed by atoms with Crippen LogP contribution >= 0.6 is 23.2 Å². The molecule has 0 bridgehead atoms. The summed E-state index contributed by atoms with van der Waals surface area (Å²) in [7, 11) is 0. The quantitative estimate of drug-likeness (QED) is 0.542. The van der Waals surface area contributed by atoms with Gasteiger partial charge in [0.2, 0.25) is 0 Å². The molecular formula is C15H9Cl2NO4. The smallest absolute Gasteiger partial charge is 0.420 e. The molecule has 5 nitrogen and oxygen atoms in total. The van der Waals surface area contributed by atoms with E-state index in [1.807, 2.05) is 0 Å². The minimum Gasteiger partial charge on any atom is -0.424 e. The first-order chi connectivity index (χ1) is 10.5. The molecular weight excluding hydrogens is 329 g/mol. The molecule has 1 heterocycles. The number of fused-ring (bicyclic) bond motifs is 1. The number of hydrogen-bond donors (Lipinski definition) is 0. The van der Waals surface area contributed by atoms with Gasteiger partial charge in [-0.2, -0.15) is 0 Å². The summed E-state index contributed by atoms with van der Waals surface area (Å²) in [6, 6.07) is 11.3. The molecule has 7 heteroatoms. The lowest BCUT2D eigenvalue weighted by atomic mass is 10.3. The highest BCUT2D eigenvalue weighted by Gasteiger charge is 2.15.